The highest BCUT2D eigenvalue weighted by molar-refractivity contribution is 5.21. The maximum atomic E-state index is 12.9. The highest BCUT2D eigenvalue weighted by Gasteiger charge is 2.35. The van der Waals surface area contributed by atoms with Crippen LogP contribution in [0.25, 0.3) is 0 Å². The van der Waals surface area contributed by atoms with Crippen LogP contribution >= 0.6 is 0 Å². The predicted molar refractivity (Wildman–Crippen MR) is 67.5 cm³/mol. The van der Waals surface area contributed by atoms with Crippen molar-refractivity contribution in [2.45, 2.75) is 25.2 Å². The lowest BCUT2D eigenvalue weighted by Gasteiger charge is -2.34. The molecule has 2 atom stereocenters. The Balaban J connectivity index is 3.04. The normalized spacial score (nSPS) is 15.4. The summed E-state index contributed by atoms with van der Waals surface area (Å²) in [5.74, 6) is -0.471. The molecule has 3 nitrogen and oxygen atoms in total. The third-order valence-electron chi connectivity index (χ3n) is 2.87. The van der Waals surface area contributed by atoms with Crippen LogP contribution in [0.15, 0.2) is 24.3 Å². The Bertz CT molecular complexity index is 406. The molecule has 0 saturated carbocycles. The second kappa shape index (κ2) is 7.01. The molecule has 20 heavy (non-hydrogen) atoms. The van der Waals surface area contributed by atoms with Crippen LogP contribution in [0.3, 0.4) is 0 Å². The number of benzene rings is 1. The van der Waals surface area contributed by atoms with Crippen molar-refractivity contribution in [2.24, 2.45) is 5.73 Å². The van der Waals surface area contributed by atoms with Crippen molar-refractivity contribution in [2.75, 3.05) is 19.7 Å². The van der Waals surface area contributed by atoms with Gasteiger partial charge in [-0.3, -0.25) is 4.90 Å². The van der Waals surface area contributed by atoms with Crippen molar-refractivity contribution in [3.8, 4) is 0 Å². The van der Waals surface area contributed by atoms with Crippen molar-refractivity contribution < 1.29 is 22.7 Å². The van der Waals surface area contributed by atoms with E-state index in [4.69, 9.17) is 10.8 Å². The highest BCUT2D eigenvalue weighted by Crippen LogP contribution is 2.27. The van der Waals surface area contributed by atoms with Gasteiger partial charge in [0.2, 0.25) is 0 Å². The van der Waals surface area contributed by atoms with E-state index in [0.717, 1.165) is 4.90 Å². The van der Waals surface area contributed by atoms with Gasteiger partial charge in [-0.2, -0.15) is 13.2 Å². The number of aliphatic hydroxyl groups excluding tert-OH is 1. The lowest BCUT2D eigenvalue weighted by Crippen LogP contribution is -2.45. The second-order valence-corrected chi connectivity index (χ2v) is 4.66. The Labute approximate surface area is 115 Å². The standard InChI is InChI=1S/C13H18F4N2O/c1-9(18)12(10-2-4-11(14)5-3-10)19(6-7-20)8-13(15,16)17/h2-5,9,12,20H,6-8,18H2,1H3. The Morgan fingerprint density at radius 3 is 2.20 bits per heavy atom. The number of hydrogen-bond donors (Lipinski definition) is 2. The third kappa shape index (κ3) is 5.07. The van der Waals surface area contributed by atoms with Gasteiger partial charge in [-0.1, -0.05) is 12.1 Å². The molecule has 1 rings (SSSR count). The van der Waals surface area contributed by atoms with Gasteiger partial charge < -0.3 is 10.8 Å². The molecule has 0 radical (unpaired) electrons. The summed E-state index contributed by atoms with van der Waals surface area (Å²) in [5.41, 5.74) is 6.26. The van der Waals surface area contributed by atoms with Crippen LogP contribution in [0.4, 0.5) is 17.6 Å². The molecule has 0 aliphatic rings. The fourth-order valence-electron chi connectivity index (χ4n) is 2.18. The molecule has 0 bridgehead atoms. The van der Waals surface area contributed by atoms with Crippen molar-refractivity contribution >= 4 is 0 Å². The number of rotatable bonds is 6. The van der Waals surface area contributed by atoms with E-state index in [1.807, 2.05) is 0 Å². The molecule has 2 unspecified atom stereocenters. The number of alkyl halides is 3. The summed E-state index contributed by atoms with van der Waals surface area (Å²) in [7, 11) is 0. The van der Waals surface area contributed by atoms with E-state index >= 15 is 0 Å². The van der Waals surface area contributed by atoms with Crippen LogP contribution < -0.4 is 5.73 Å². The molecular formula is C13H18F4N2O. The summed E-state index contributed by atoms with van der Waals surface area (Å²) in [6.07, 6.45) is -4.40. The maximum absolute atomic E-state index is 12.9. The number of nitrogens with zero attached hydrogens (tertiary/aromatic N) is 1. The van der Waals surface area contributed by atoms with E-state index < -0.39 is 37.2 Å². The lowest BCUT2D eigenvalue weighted by atomic mass is 9.99. The first-order chi connectivity index (χ1) is 9.24. The molecule has 0 aromatic heterocycles. The first-order valence-electron chi connectivity index (χ1n) is 6.17. The van der Waals surface area contributed by atoms with Crippen LogP contribution in [-0.4, -0.2) is 41.9 Å². The number of halogens is 4. The summed E-state index contributed by atoms with van der Waals surface area (Å²) >= 11 is 0. The van der Waals surface area contributed by atoms with E-state index in [1.165, 1.54) is 24.3 Å². The lowest BCUT2D eigenvalue weighted by molar-refractivity contribution is -0.153. The first-order valence-corrected chi connectivity index (χ1v) is 6.17. The molecule has 1 aromatic carbocycles. The highest BCUT2D eigenvalue weighted by atomic mass is 19.4. The van der Waals surface area contributed by atoms with Gasteiger partial charge in [0.15, 0.2) is 0 Å². The Morgan fingerprint density at radius 1 is 1.25 bits per heavy atom. The molecule has 1 aromatic rings. The van der Waals surface area contributed by atoms with Gasteiger partial charge in [-0.05, 0) is 24.6 Å². The summed E-state index contributed by atoms with van der Waals surface area (Å²) in [4.78, 5) is 1.05. The molecule has 0 saturated heterocycles. The minimum atomic E-state index is -4.40. The zero-order valence-electron chi connectivity index (χ0n) is 11.1. The van der Waals surface area contributed by atoms with Crippen molar-refractivity contribution in [3.63, 3.8) is 0 Å². The monoisotopic (exact) mass is 294 g/mol. The van der Waals surface area contributed by atoms with Crippen LogP contribution in [-0.2, 0) is 0 Å². The Kier molecular flexibility index (Phi) is 5.91. The van der Waals surface area contributed by atoms with Crippen molar-refractivity contribution in [1.29, 1.82) is 0 Å². The summed E-state index contributed by atoms with van der Waals surface area (Å²) in [6.45, 7) is -0.185. The van der Waals surface area contributed by atoms with Gasteiger partial charge in [0.1, 0.15) is 5.82 Å². The smallest absolute Gasteiger partial charge is 0.395 e. The topological polar surface area (TPSA) is 49.5 Å². The first kappa shape index (κ1) is 16.9. The zero-order valence-corrected chi connectivity index (χ0v) is 11.1. The number of hydrogen-bond acceptors (Lipinski definition) is 3. The molecular weight excluding hydrogens is 276 g/mol. The second-order valence-electron chi connectivity index (χ2n) is 4.66. The SMILES string of the molecule is CC(N)C(c1ccc(F)cc1)N(CCO)CC(F)(F)F. The summed E-state index contributed by atoms with van der Waals surface area (Å²) in [6, 6.07) is 3.82. The van der Waals surface area contributed by atoms with Gasteiger partial charge in [0, 0.05) is 12.6 Å². The van der Waals surface area contributed by atoms with E-state index in [1.54, 1.807) is 6.92 Å². The molecule has 0 fully saturated rings. The molecule has 7 heteroatoms. The maximum Gasteiger partial charge on any atom is 0.401 e. The van der Waals surface area contributed by atoms with E-state index in [2.05, 4.69) is 0 Å². The molecule has 0 spiro atoms. The van der Waals surface area contributed by atoms with Crippen LogP contribution in [0.5, 0.6) is 0 Å². The van der Waals surface area contributed by atoms with Crippen LogP contribution in [0, 0.1) is 5.82 Å². The molecule has 0 amide bonds. The van der Waals surface area contributed by atoms with Gasteiger partial charge in [-0.15, -0.1) is 0 Å². The summed E-state index contributed by atoms with van der Waals surface area (Å²) < 4.78 is 50.7. The Hall–Kier alpha value is -1.18. The van der Waals surface area contributed by atoms with Crippen LogP contribution in [0.1, 0.15) is 18.5 Å². The molecule has 0 aliphatic carbocycles. The number of nitrogens with two attached hydrogens (primary N) is 1. The fourth-order valence-corrected chi connectivity index (χ4v) is 2.18. The quantitative estimate of drug-likeness (QED) is 0.790. The zero-order chi connectivity index (χ0) is 15.3. The van der Waals surface area contributed by atoms with Gasteiger partial charge in [-0.25, -0.2) is 4.39 Å². The molecule has 3 N–H and O–H groups in total. The minimum Gasteiger partial charge on any atom is -0.395 e. The average Bonchev–Trinajstić information content (AvgIpc) is 2.29. The molecule has 0 aliphatic heterocycles. The Morgan fingerprint density at radius 2 is 1.80 bits per heavy atom. The van der Waals surface area contributed by atoms with Gasteiger partial charge in [0.05, 0.1) is 19.2 Å². The largest absolute Gasteiger partial charge is 0.401 e. The fraction of sp³-hybridized carbons (Fsp3) is 0.538. The average molecular weight is 294 g/mol. The number of aliphatic hydroxyl groups is 1. The van der Waals surface area contributed by atoms with Crippen molar-refractivity contribution in [3.05, 3.63) is 35.6 Å². The van der Waals surface area contributed by atoms with E-state index in [0.29, 0.717) is 5.56 Å². The van der Waals surface area contributed by atoms with Crippen molar-refractivity contribution in [1.82, 2.24) is 4.90 Å². The van der Waals surface area contributed by atoms with Gasteiger partial charge >= 0.3 is 6.18 Å². The van der Waals surface area contributed by atoms with E-state index in [9.17, 15) is 17.6 Å². The summed E-state index contributed by atoms with van der Waals surface area (Å²) in [5, 5.41) is 8.95. The van der Waals surface area contributed by atoms with E-state index in [-0.39, 0.29) is 6.54 Å². The van der Waals surface area contributed by atoms with Crippen LogP contribution in [0.2, 0.25) is 0 Å². The third-order valence-corrected chi connectivity index (χ3v) is 2.87. The molecule has 0 heterocycles. The molecule has 114 valence electrons. The predicted octanol–water partition coefficient (Wildman–Crippen LogP) is 2.07. The minimum absolute atomic E-state index is 0.164. The van der Waals surface area contributed by atoms with Gasteiger partial charge in [0.25, 0.3) is 0 Å².